The van der Waals surface area contributed by atoms with Gasteiger partial charge in [-0.15, -0.1) is 0 Å². The van der Waals surface area contributed by atoms with Gasteiger partial charge in [0.1, 0.15) is 6.04 Å². The SMILES string of the molecule is CC(C)C(N)C(=O)OCO. The number of aliphatic hydroxyl groups excluding tert-OH is 1. The largest absolute Gasteiger partial charge is 0.438 e. The maximum absolute atomic E-state index is 10.7. The van der Waals surface area contributed by atoms with Gasteiger partial charge in [-0.05, 0) is 5.92 Å². The molecule has 0 aliphatic carbocycles. The molecule has 10 heavy (non-hydrogen) atoms. The van der Waals surface area contributed by atoms with Crippen LogP contribution in [0.15, 0.2) is 0 Å². The first kappa shape index (κ1) is 9.39. The van der Waals surface area contributed by atoms with Gasteiger partial charge < -0.3 is 15.6 Å². The van der Waals surface area contributed by atoms with Crippen LogP contribution in [0.3, 0.4) is 0 Å². The second-order valence-corrected chi connectivity index (χ2v) is 2.36. The van der Waals surface area contributed by atoms with Crippen LogP contribution in [0.2, 0.25) is 0 Å². The summed E-state index contributed by atoms with van der Waals surface area (Å²) in [5.41, 5.74) is 5.36. The highest BCUT2D eigenvalue weighted by molar-refractivity contribution is 5.75. The van der Waals surface area contributed by atoms with Gasteiger partial charge in [-0.2, -0.15) is 0 Å². The number of carbonyl (C=O) groups excluding carboxylic acids is 1. The average Bonchev–Trinajstić information content (AvgIpc) is 1.87. The molecule has 0 bridgehead atoms. The van der Waals surface area contributed by atoms with Gasteiger partial charge in [0.15, 0.2) is 6.79 Å². The second kappa shape index (κ2) is 4.24. The van der Waals surface area contributed by atoms with Crippen LogP contribution in [0, 0.1) is 5.92 Å². The number of aliphatic hydroxyl groups is 1. The van der Waals surface area contributed by atoms with Crippen LogP contribution in [-0.2, 0) is 9.53 Å². The number of carbonyl (C=O) groups is 1. The van der Waals surface area contributed by atoms with Crippen LogP contribution < -0.4 is 5.73 Å². The third kappa shape index (κ3) is 2.80. The molecule has 4 nitrogen and oxygen atoms in total. The Morgan fingerprint density at radius 3 is 2.50 bits per heavy atom. The first-order valence-corrected chi connectivity index (χ1v) is 3.12. The number of nitrogens with two attached hydrogens (primary N) is 1. The molecule has 0 aromatic heterocycles. The topological polar surface area (TPSA) is 72.6 Å². The fourth-order valence-electron chi connectivity index (χ4n) is 0.432. The minimum Gasteiger partial charge on any atom is -0.438 e. The van der Waals surface area contributed by atoms with E-state index in [1.54, 1.807) is 0 Å². The first-order chi connectivity index (χ1) is 4.59. The van der Waals surface area contributed by atoms with Crippen molar-refractivity contribution in [2.75, 3.05) is 6.79 Å². The van der Waals surface area contributed by atoms with Crippen LogP contribution in [-0.4, -0.2) is 23.9 Å². The number of rotatable bonds is 3. The van der Waals surface area contributed by atoms with Gasteiger partial charge in [-0.25, -0.2) is 0 Å². The Labute approximate surface area is 60.0 Å². The fraction of sp³-hybridized carbons (Fsp3) is 0.833. The quantitative estimate of drug-likeness (QED) is 0.415. The maximum Gasteiger partial charge on any atom is 0.325 e. The summed E-state index contributed by atoms with van der Waals surface area (Å²) >= 11 is 0. The van der Waals surface area contributed by atoms with Gasteiger partial charge in [0.25, 0.3) is 0 Å². The summed E-state index contributed by atoms with van der Waals surface area (Å²) in [6.07, 6.45) is 0. The highest BCUT2D eigenvalue weighted by Crippen LogP contribution is 1.99. The third-order valence-electron chi connectivity index (χ3n) is 1.20. The summed E-state index contributed by atoms with van der Waals surface area (Å²) in [6.45, 7) is 3.02. The lowest BCUT2D eigenvalue weighted by Gasteiger charge is -2.12. The first-order valence-electron chi connectivity index (χ1n) is 3.12. The van der Waals surface area contributed by atoms with E-state index in [1.165, 1.54) is 0 Å². The summed E-state index contributed by atoms with van der Waals surface area (Å²) in [5, 5.41) is 8.17. The molecule has 0 aromatic rings. The molecule has 0 aliphatic rings. The minimum absolute atomic E-state index is 0.0408. The molecule has 0 amide bonds. The average molecular weight is 147 g/mol. The summed E-state index contributed by atoms with van der Waals surface area (Å²) in [6, 6.07) is -0.632. The number of hydrogen-bond donors (Lipinski definition) is 2. The molecule has 3 N–H and O–H groups in total. The van der Waals surface area contributed by atoms with Gasteiger partial charge >= 0.3 is 5.97 Å². The monoisotopic (exact) mass is 147 g/mol. The molecule has 0 fully saturated rings. The summed E-state index contributed by atoms with van der Waals surface area (Å²) in [5.74, 6) is -0.517. The van der Waals surface area contributed by atoms with E-state index in [-0.39, 0.29) is 5.92 Å². The van der Waals surface area contributed by atoms with Crippen molar-refractivity contribution in [3.63, 3.8) is 0 Å². The van der Waals surface area contributed by atoms with Crippen molar-refractivity contribution < 1.29 is 14.6 Å². The molecule has 0 aliphatic heterocycles. The standard InChI is InChI=1S/C6H13NO3/c1-4(2)5(7)6(9)10-3-8/h4-5,8H,3,7H2,1-2H3. The Morgan fingerprint density at radius 1 is 1.70 bits per heavy atom. The van der Waals surface area contributed by atoms with E-state index >= 15 is 0 Å². The second-order valence-electron chi connectivity index (χ2n) is 2.36. The number of ether oxygens (including phenoxy) is 1. The highest BCUT2D eigenvalue weighted by Gasteiger charge is 2.17. The molecule has 1 unspecified atom stereocenters. The smallest absolute Gasteiger partial charge is 0.325 e. The lowest BCUT2D eigenvalue weighted by molar-refractivity contribution is -0.154. The van der Waals surface area contributed by atoms with E-state index in [0.717, 1.165) is 0 Å². The van der Waals surface area contributed by atoms with Crippen molar-refractivity contribution in [2.24, 2.45) is 11.7 Å². The van der Waals surface area contributed by atoms with Gasteiger partial charge in [0.2, 0.25) is 0 Å². The number of hydrogen-bond acceptors (Lipinski definition) is 4. The molecule has 0 radical (unpaired) electrons. The minimum atomic E-state index is -0.632. The molecule has 0 saturated carbocycles. The van der Waals surface area contributed by atoms with E-state index in [9.17, 15) is 4.79 Å². The molecule has 0 heterocycles. The highest BCUT2D eigenvalue weighted by atomic mass is 16.6. The van der Waals surface area contributed by atoms with Crippen molar-refractivity contribution in [3.05, 3.63) is 0 Å². The van der Waals surface area contributed by atoms with Crippen molar-refractivity contribution in [3.8, 4) is 0 Å². The molecule has 4 heteroatoms. The molecule has 0 rings (SSSR count). The molecule has 60 valence electrons. The molecule has 0 spiro atoms. The molecule has 0 saturated heterocycles. The van der Waals surface area contributed by atoms with E-state index in [2.05, 4.69) is 4.74 Å². The molecule has 1 atom stereocenters. The fourth-order valence-corrected chi connectivity index (χ4v) is 0.432. The van der Waals surface area contributed by atoms with E-state index < -0.39 is 18.8 Å². The van der Waals surface area contributed by atoms with Gasteiger partial charge in [0.05, 0.1) is 0 Å². The normalized spacial score (nSPS) is 13.3. The van der Waals surface area contributed by atoms with Crippen LogP contribution in [0.5, 0.6) is 0 Å². The van der Waals surface area contributed by atoms with Gasteiger partial charge in [-0.1, -0.05) is 13.8 Å². The van der Waals surface area contributed by atoms with E-state index in [1.807, 2.05) is 13.8 Å². The zero-order valence-electron chi connectivity index (χ0n) is 6.20. The number of esters is 1. The Kier molecular flexibility index (Phi) is 3.99. The molecular weight excluding hydrogens is 134 g/mol. The molecule has 0 aromatic carbocycles. The lowest BCUT2D eigenvalue weighted by Crippen LogP contribution is -2.37. The summed E-state index contributed by atoms with van der Waals surface area (Å²) < 4.78 is 4.26. The Morgan fingerprint density at radius 2 is 2.20 bits per heavy atom. The van der Waals surface area contributed by atoms with Crippen molar-refractivity contribution in [2.45, 2.75) is 19.9 Å². The Bertz CT molecular complexity index is 114. The third-order valence-corrected chi connectivity index (χ3v) is 1.20. The van der Waals surface area contributed by atoms with Crippen LogP contribution >= 0.6 is 0 Å². The lowest BCUT2D eigenvalue weighted by atomic mass is 10.1. The Balaban J connectivity index is 3.71. The zero-order chi connectivity index (χ0) is 8.15. The van der Waals surface area contributed by atoms with Crippen LogP contribution in [0.1, 0.15) is 13.8 Å². The van der Waals surface area contributed by atoms with Crippen molar-refractivity contribution >= 4 is 5.97 Å². The predicted molar refractivity (Wildman–Crippen MR) is 36.0 cm³/mol. The summed E-state index contributed by atoms with van der Waals surface area (Å²) in [4.78, 5) is 10.7. The van der Waals surface area contributed by atoms with Gasteiger partial charge in [0, 0.05) is 0 Å². The van der Waals surface area contributed by atoms with Crippen molar-refractivity contribution in [1.29, 1.82) is 0 Å². The predicted octanol–water partition coefficient (Wildman–Crippen LogP) is -0.537. The van der Waals surface area contributed by atoms with Crippen molar-refractivity contribution in [1.82, 2.24) is 0 Å². The Hall–Kier alpha value is -0.610. The van der Waals surface area contributed by atoms with Gasteiger partial charge in [-0.3, -0.25) is 4.79 Å². The van der Waals surface area contributed by atoms with E-state index in [4.69, 9.17) is 10.8 Å². The zero-order valence-corrected chi connectivity index (χ0v) is 6.20. The van der Waals surface area contributed by atoms with E-state index in [0.29, 0.717) is 0 Å². The summed E-state index contributed by atoms with van der Waals surface area (Å²) in [7, 11) is 0. The van der Waals surface area contributed by atoms with Crippen LogP contribution in [0.25, 0.3) is 0 Å². The van der Waals surface area contributed by atoms with Crippen LogP contribution in [0.4, 0.5) is 0 Å². The molecular formula is C6H13NO3. The maximum atomic E-state index is 10.7.